The molecule has 2 aromatic heterocycles. The van der Waals surface area contributed by atoms with E-state index in [4.69, 9.17) is 9.72 Å². The zero-order valence-corrected chi connectivity index (χ0v) is 17.1. The summed E-state index contributed by atoms with van der Waals surface area (Å²) in [5.74, 6) is 0.433. The zero-order chi connectivity index (χ0) is 20.2. The molecular weight excluding hydrogens is 382 g/mol. The molecule has 6 heteroatoms. The van der Waals surface area contributed by atoms with Gasteiger partial charge in [-0.1, -0.05) is 53.7 Å². The monoisotopic (exact) mass is 403 g/mol. The van der Waals surface area contributed by atoms with E-state index in [0.29, 0.717) is 5.56 Å². The Bertz CT molecular complexity index is 1140. The molecule has 0 N–H and O–H groups in total. The number of benzene rings is 2. The molecule has 0 spiro atoms. The number of hydrogen-bond acceptors (Lipinski definition) is 5. The van der Waals surface area contributed by atoms with E-state index in [1.54, 1.807) is 30.1 Å². The maximum atomic E-state index is 11.6. The lowest BCUT2D eigenvalue weighted by atomic mass is 10.1. The van der Waals surface area contributed by atoms with Gasteiger partial charge in [0.2, 0.25) is 0 Å². The highest BCUT2D eigenvalue weighted by atomic mass is 32.2. The molecule has 2 heterocycles. The number of esters is 1. The van der Waals surface area contributed by atoms with E-state index in [2.05, 4.69) is 40.7 Å². The first-order valence-electron chi connectivity index (χ1n) is 9.30. The van der Waals surface area contributed by atoms with E-state index in [1.807, 2.05) is 24.4 Å². The molecule has 4 aromatic rings. The minimum absolute atomic E-state index is 0.323. The van der Waals surface area contributed by atoms with Crippen molar-refractivity contribution in [3.63, 3.8) is 0 Å². The first-order chi connectivity index (χ1) is 14.1. The van der Waals surface area contributed by atoms with Gasteiger partial charge in [-0.25, -0.2) is 9.78 Å². The molecule has 0 radical (unpaired) electrons. The molecule has 0 aliphatic rings. The number of hydrogen-bond donors (Lipinski definition) is 0. The van der Waals surface area contributed by atoms with Crippen LogP contribution >= 0.6 is 11.8 Å². The van der Waals surface area contributed by atoms with Crippen LogP contribution in [0.4, 0.5) is 0 Å². The summed E-state index contributed by atoms with van der Waals surface area (Å²) in [6.45, 7) is 2.83. The largest absolute Gasteiger partial charge is 0.465 e. The lowest BCUT2D eigenvalue weighted by Crippen LogP contribution is -2.02. The van der Waals surface area contributed by atoms with Crippen molar-refractivity contribution >= 4 is 28.8 Å². The Balaban J connectivity index is 1.58. The van der Waals surface area contributed by atoms with Crippen molar-refractivity contribution < 1.29 is 9.53 Å². The number of aromatic nitrogens is 3. The Labute approximate surface area is 173 Å². The van der Waals surface area contributed by atoms with Gasteiger partial charge in [-0.05, 0) is 36.2 Å². The van der Waals surface area contributed by atoms with Gasteiger partial charge in [0, 0.05) is 11.9 Å². The second-order valence-corrected chi connectivity index (χ2v) is 7.75. The van der Waals surface area contributed by atoms with Crippen molar-refractivity contribution in [1.82, 2.24) is 14.5 Å². The SMILES string of the molecule is COC(=O)c1ccc(CSc2nc3ccncc3n2Cc2ccc(C)cc2)cc1. The fourth-order valence-corrected chi connectivity index (χ4v) is 4.06. The predicted molar refractivity (Wildman–Crippen MR) is 115 cm³/mol. The van der Waals surface area contributed by atoms with Crippen molar-refractivity contribution in [3.8, 4) is 0 Å². The number of carbonyl (C=O) groups excluding carboxylic acids is 1. The highest BCUT2D eigenvalue weighted by Crippen LogP contribution is 2.27. The quantitative estimate of drug-likeness (QED) is 0.340. The summed E-state index contributed by atoms with van der Waals surface area (Å²) in [5, 5.41) is 0.950. The van der Waals surface area contributed by atoms with Crippen molar-refractivity contribution in [2.24, 2.45) is 0 Å². The number of imidazole rings is 1. The Morgan fingerprint density at radius 1 is 1.03 bits per heavy atom. The zero-order valence-electron chi connectivity index (χ0n) is 16.3. The third-order valence-electron chi connectivity index (χ3n) is 4.72. The number of methoxy groups -OCH3 is 1. The first-order valence-corrected chi connectivity index (χ1v) is 10.3. The number of nitrogens with zero attached hydrogens (tertiary/aromatic N) is 3. The molecule has 0 bridgehead atoms. The summed E-state index contributed by atoms with van der Waals surface area (Å²) in [4.78, 5) is 20.7. The average Bonchev–Trinajstić information content (AvgIpc) is 3.11. The van der Waals surface area contributed by atoms with Gasteiger partial charge in [0.1, 0.15) is 0 Å². The lowest BCUT2D eigenvalue weighted by molar-refractivity contribution is 0.0600. The minimum atomic E-state index is -0.323. The van der Waals surface area contributed by atoms with Gasteiger partial charge in [0.05, 0.1) is 36.4 Å². The van der Waals surface area contributed by atoms with Gasteiger partial charge in [0.25, 0.3) is 0 Å². The van der Waals surface area contributed by atoms with Crippen LogP contribution in [0.2, 0.25) is 0 Å². The van der Waals surface area contributed by atoms with Crippen LogP contribution in [0.1, 0.15) is 27.0 Å². The summed E-state index contributed by atoms with van der Waals surface area (Å²) in [5.41, 5.74) is 6.11. The standard InChI is InChI=1S/C23H21N3O2S/c1-16-3-5-17(6-4-16)14-26-21-13-24-12-11-20(21)25-23(26)29-15-18-7-9-19(10-8-18)22(27)28-2/h3-13H,14-15H2,1-2H3. The molecule has 0 unspecified atom stereocenters. The number of carbonyl (C=O) groups is 1. The first kappa shape index (κ1) is 19.2. The van der Waals surface area contributed by atoms with Crippen molar-refractivity contribution in [1.29, 1.82) is 0 Å². The van der Waals surface area contributed by atoms with Gasteiger partial charge in [-0.3, -0.25) is 4.98 Å². The second kappa shape index (κ2) is 8.49. The Morgan fingerprint density at radius 2 is 1.76 bits per heavy atom. The highest BCUT2D eigenvalue weighted by molar-refractivity contribution is 7.98. The predicted octanol–water partition coefficient (Wildman–Crippen LogP) is 4.87. The molecule has 0 aliphatic heterocycles. The normalized spacial score (nSPS) is 11.0. The van der Waals surface area contributed by atoms with Crippen LogP contribution in [0.5, 0.6) is 0 Å². The van der Waals surface area contributed by atoms with Crippen LogP contribution in [-0.2, 0) is 17.0 Å². The molecule has 2 aromatic carbocycles. The number of pyridine rings is 1. The van der Waals surface area contributed by atoms with E-state index in [9.17, 15) is 4.79 Å². The maximum absolute atomic E-state index is 11.6. The number of fused-ring (bicyclic) bond motifs is 1. The Morgan fingerprint density at radius 3 is 2.48 bits per heavy atom. The van der Waals surface area contributed by atoms with E-state index in [0.717, 1.165) is 34.1 Å². The Kier molecular flexibility index (Phi) is 5.62. The molecule has 0 atom stereocenters. The smallest absolute Gasteiger partial charge is 0.337 e. The molecule has 146 valence electrons. The summed E-state index contributed by atoms with van der Waals surface area (Å²) >= 11 is 1.68. The Hall–Kier alpha value is -3.12. The molecule has 4 rings (SSSR count). The fraction of sp³-hybridized carbons (Fsp3) is 0.174. The topological polar surface area (TPSA) is 57.0 Å². The van der Waals surface area contributed by atoms with Crippen LogP contribution in [0.25, 0.3) is 11.0 Å². The molecule has 0 fully saturated rings. The van der Waals surface area contributed by atoms with Gasteiger partial charge in [0.15, 0.2) is 5.16 Å². The molecular formula is C23H21N3O2S. The third kappa shape index (κ3) is 4.32. The van der Waals surface area contributed by atoms with Crippen LogP contribution in [0.3, 0.4) is 0 Å². The van der Waals surface area contributed by atoms with Crippen LogP contribution < -0.4 is 0 Å². The maximum Gasteiger partial charge on any atom is 0.337 e. The lowest BCUT2D eigenvalue weighted by Gasteiger charge is -2.10. The summed E-state index contributed by atoms with van der Waals surface area (Å²) in [6, 6.07) is 18.0. The molecule has 0 aliphatic carbocycles. The van der Waals surface area contributed by atoms with E-state index in [1.165, 1.54) is 18.2 Å². The summed E-state index contributed by atoms with van der Waals surface area (Å²) in [7, 11) is 1.39. The van der Waals surface area contributed by atoms with E-state index >= 15 is 0 Å². The molecule has 29 heavy (non-hydrogen) atoms. The third-order valence-corrected chi connectivity index (χ3v) is 5.77. The molecule has 0 saturated carbocycles. The highest BCUT2D eigenvalue weighted by Gasteiger charge is 2.13. The van der Waals surface area contributed by atoms with Crippen molar-refractivity contribution in [2.45, 2.75) is 24.4 Å². The molecule has 5 nitrogen and oxygen atoms in total. The fourth-order valence-electron chi connectivity index (χ4n) is 3.09. The van der Waals surface area contributed by atoms with Crippen LogP contribution in [-0.4, -0.2) is 27.6 Å². The van der Waals surface area contributed by atoms with Gasteiger partial charge in [-0.2, -0.15) is 0 Å². The van der Waals surface area contributed by atoms with E-state index in [-0.39, 0.29) is 5.97 Å². The molecule has 0 amide bonds. The molecule has 0 saturated heterocycles. The summed E-state index contributed by atoms with van der Waals surface area (Å²) < 4.78 is 6.96. The van der Waals surface area contributed by atoms with Crippen molar-refractivity contribution in [3.05, 3.63) is 89.2 Å². The number of aryl methyl sites for hydroxylation is 1. The van der Waals surface area contributed by atoms with Crippen LogP contribution in [0, 0.1) is 6.92 Å². The number of ether oxygens (including phenoxy) is 1. The minimum Gasteiger partial charge on any atom is -0.465 e. The van der Waals surface area contributed by atoms with E-state index < -0.39 is 0 Å². The number of rotatable bonds is 6. The van der Waals surface area contributed by atoms with Gasteiger partial charge >= 0.3 is 5.97 Å². The number of thioether (sulfide) groups is 1. The van der Waals surface area contributed by atoms with Crippen molar-refractivity contribution in [2.75, 3.05) is 7.11 Å². The van der Waals surface area contributed by atoms with Crippen LogP contribution in [0.15, 0.2) is 72.1 Å². The van der Waals surface area contributed by atoms with Gasteiger partial charge in [-0.15, -0.1) is 0 Å². The average molecular weight is 404 g/mol. The summed E-state index contributed by atoms with van der Waals surface area (Å²) in [6.07, 6.45) is 3.64. The van der Waals surface area contributed by atoms with Gasteiger partial charge < -0.3 is 9.30 Å². The second-order valence-electron chi connectivity index (χ2n) is 6.81.